The van der Waals surface area contributed by atoms with E-state index >= 15 is 0 Å². The summed E-state index contributed by atoms with van der Waals surface area (Å²) in [5.41, 5.74) is 2.30. The molecular formula is C13H21F3N2O. The number of halogens is 3. The minimum absolute atomic E-state index is 0.243. The first-order valence-corrected chi connectivity index (χ1v) is 6.79. The lowest BCUT2D eigenvalue weighted by Crippen LogP contribution is -2.63. The minimum atomic E-state index is -4.73. The number of fused-ring (bicyclic) bond motifs is 2. The Kier molecular flexibility index (Phi) is 3.58. The second kappa shape index (κ2) is 4.65. The molecule has 2 fully saturated rings. The summed E-state index contributed by atoms with van der Waals surface area (Å²) < 4.78 is 38.0. The van der Waals surface area contributed by atoms with Crippen LogP contribution in [0, 0.1) is 17.8 Å². The van der Waals surface area contributed by atoms with Crippen LogP contribution in [0.5, 0.6) is 0 Å². The molecule has 2 bridgehead atoms. The fourth-order valence-corrected chi connectivity index (χ4v) is 3.50. The molecule has 0 spiro atoms. The highest BCUT2D eigenvalue weighted by atomic mass is 19.4. The Morgan fingerprint density at radius 1 is 1.32 bits per heavy atom. The van der Waals surface area contributed by atoms with E-state index in [0.717, 1.165) is 26.2 Å². The van der Waals surface area contributed by atoms with Crippen LogP contribution in [-0.4, -0.2) is 23.7 Å². The third-order valence-corrected chi connectivity index (χ3v) is 4.85. The van der Waals surface area contributed by atoms with Crippen LogP contribution >= 0.6 is 0 Å². The zero-order chi connectivity index (χ0) is 14.4. The second-order valence-corrected chi connectivity index (χ2v) is 6.30. The van der Waals surface area contributed by atoms with Crippen LogP contribution in [0.3, 0.4) is 0 Å². The van der Waals surface area contributed by atoms with E-state index < -0.39 is 17.6 Å². The molecule has 0 aromatic rings. The summed E-state index contributed by atoms with van der Waals surface area (Å²) in [6.45, 7) is 2.51. The van der Waals surface area contributed by atoms with Gasteiger partial charge in [0.05, 0.1) is 0 Å². The third kappa shape index (κ3) is 2.59. The van der Waals surface area contributed by atoms with Crippen LogP contribution in [0.15, 0.2) is 0 Å². The average Bonchev–Trinajstić information content (AvgIpc) is 2.88. The van der Waals surface area contributed by atoms with Crippen molar-refractivity contribution in [3.8, 4) is 0 Å². The first-order valence-electron chi connectivity index (χ1n) is 6.79. The molecule has 2 aliphatic rings. The van der Waals surface area contributed by atoms with Crippen molar-refractivity contribution in [2.75, 3.05) is 0 Å². The second-order valence-electron chi connectivity index (χ2n) is 6.30. The van der Waals surface area contributed by atoms with Crippen LogP contribution in [0.2, 0.25) is 0 Å². The highest BCUT2D eigenvalue weighted by molar-refractivity contribution is 5.86. The van der Waals surface area contributed by atoms with Gasteiger partial charge in [-0.2, -0.15) is 13.2 Å². The van der Waals surface area contributed by atoms with Crippen molar-refractivity contribution >= 4 is 5.91 Å². The molecule has 110 valence electrons. The number of rotatable bonds is 3. The monoisotopic (exact) mass is 278 g/mol. The molecule has 19 heavy (non-hydrogen) atoms. The molecular weight excluding hydrogens is 257 g/mol. The van der Waals surface area contributed by atoms with E-state index in [1.807, 2.05) is 0 Å². The topological polar surface area (TPSA) is 55.1 Å². The van der Waals surface area contributed by atoms with Crippen molar-refractivity contribution in [1.82, 2.24) is 5.32 Å². The lowest BCUT2D eigenvalue weighted by atomic mass is 9.83. The molecule has 0 aromatic carbocycles. The van der Waals surface area contributed by atoms with Gasteiger partial charge in [-0.1, -0.05) is 6.42 Å². The maximum atomic E-state index is 12.7. The Morgan fingerprint density at radius 2 is 1.95 bits per heavy atom. The Labute approximate surface area is 111 Å². The van der Waals surface area contributed by atoms with E-state index in [4.69, 9.17) is 5.73 Å². The average molecular weight is 278 g/mol. The van der Waals surface area contributed by atoms with Gasteiger partial charge in [0, 0.05) is 6.04 Å². The number of nitrogens with two attached hydrogens (primary N) is 1. The molecule has 0 aromatic heterocycles. The summed E-state index contributed by atoms with van der Waals surface area (Å²) in [6, 6.07) is -0.243. The van der Waals surface area contributed by atoms with Crippen molar-refractivity contribution in [3.05, 3.63) is 0 Å². The number of carbonyl (C=O) groups is 1. The van der Waals surface area contributed by atoms with Gasteiger partial charge in [0.2, 0.25) is 5.91 Å². The van der Waals surface area contributed by atoms with Gasteiger partial charge in [-0.05, 0) is 50.9 Å². The summed E-state index contributed by atoms with van der Waals surface area (Å²) in [5.74, 6) is 0.415. The number of hydrogen-bond donors (Lipinski definition) is 2. The molecule has 0 aliphatic heterocycles. The van der Waals surface area contributed by atoms with Gasteiger partial charge in [-0.25, -0.2) is 0 Å². The van der Waals surface area contributed by atoms with Gasteiger partial charge in [0.1, 0.15) is 0 Å². The third-order valence-electron chi connectivity index (χ3n) is 4.85. The van der Waals surface area contributed by atoms with Crippen molar-refractivity contribution in [3.63, 3.8) is 0 Å². The molecule has 2 saturated carbocycles. The van der Waals surface area contributed by atoms with E-state index in [1.165, 1.54) is 6.42 Å². The smallest absolute Gasteiger partial charge is 0.351 e. The van der Waals surface area contributed by atoms with Crippen LogP contribution in [0.1, 0.15) is 39.5 Å². The fraction of sp³-hybridized carbons (Fsp3) is 0.923. The van der Waals surface area contributed by atoms with Gasteiger partial charge in [0.15, 0.2) is 5.54 Å². The molecule has 5 unspecified atom stereocenters. The van der Waals surface area contributed by atoms with E-state index in [-0.39, 0.29) is 6.04 Å². The minimum Gasteiger partial charge on any atom is -0.351 e. The molecule has 2 rings (SSSR count). The normalized spacial score (nSPS) is 34.9. The Morgan fingerprint density at radius 3 is 2.37 bits per heavy atom. The first-order chi connectivity index (χ1) is 8.63. The van der Waals surface area contributed by atoms with E-state index in [1.54, 1.807) is 6.92 Å². The Bertz CT molecular complexity index is 367. The quantitative estimate of drug-likeness (QED) is 0.831. The zero-order valence-corrected chi connectivity index (χ0v) is 11.3. The number of alkyl halides is 3. The van der Waals surface area contributed by atoms with E-state index in [0.29, 0.717) is 17.8 Å². The van der Waals surface area contributed by atoms with Gasteiger partial charge < -0.3 is 11.1 Å². The van der Waals surface area contributed by atoms with Crippen LogP contribution < -0.4 is 11.1 Å². The molecule has 3 N–H and O–H groups in total. The lowest BCUT2D eigenvalue weighted by Gasteiger charge is -2.32. The number of nitrogens with one attached hydrogen (secondary N) is 1. The standard InChI is InChI=1S/C13H21F3N2O/c1-7(10-6-8-3-4-9(10)5-8)18-11(19)12(2,17)13(14,15)16/h7-10H,3-6,17H2,1-2H3,(H,18,19). The van der Waals surface area contributed by atoms with E-state index in [9.17, 15) is 18.0 Å². The lowest BCUT2D eigenvalue weighted by molar-refractivity contribution is -0.188. The van der Waals surface area contributed by atoms with Crippen molar-refractivity contribution in [2.45, 2.75) is 57.3 Å². The highest BCUT2D eigenvalue weighted by Crippen LogP contribution is 2.49. The van der Waals surface area contributed by atoms with Gasteiger partial charge in [-0.15, -0.1) is 0 Å². The molecule has 0 radical (unpaired) electrons. The SMILES string of the molecule is CC(NC(=O)C(C)(N)C(F)(F)F)C1CC2CCC1C2. The molecule has 6 heteroatoms. The Hall–Kier alpha value is -0.780. The summed E-state index contributed by atoms with van der Waals surface area (Å²) in [6.07, 6.45) is -0.206. The van der Waals surface area contributed by atoms with Crippen LogP contribution in [0.25, 0.3) is 0 Å². The number of hydrogen-bond acceptors (Lipinski definition) is 2. The molecule has 3 nitrogen and oxygen atoms in total. The maximum absolute atomic E-state index is 12.7. The molecule has 5 atom stereocenters. The maximum Gasteiger partial charge on any atom is 0.415 e. The predicted octanol–water partition coefficient (Wildman–Crippen LogP) is 2.21. The molecule has 1 amide bonds. The molecule has 2 aliphatic carbocycles. The Balaban J connectivity index is 1.96. The van der Waals surface area contributed by atoms with Gasteiger partial charge in [0.25, 0.3) is 0 Å². The van der Waals surface area contributed by atoms with Gasteiger partial charge >= 0.3 is 6.18 Å². The van der Waals surface area contributed by atoms with Gasteiger partial charge in [-0.3, -0.25) is 4.79 Å². The van der Waals surface area contributed by atoms with Crippen molar-refractivity contribution in [1.29, 1.82) is 0 Å². The largest absolute Gasteiger partial charge is 0.415 e. The first kappa shape index (κ1) is 14.6. The predicted molar refractivity (Wildman–Crippen MR) is 65.2 cm³/mol. The number of carbonyl (C=O) groups excluding carboxylic acids is 1. The molecule has 0 heterocycles. The van der Waals surface area contributed by atoms with Crippen LogP contribution in [0.4, 0.5) is 13.2 Å². The fourth-order valence-electron chi connectivity index (χ4n) is 3.50. The number of amides is 1. The van der Waals surface area contributed by atoms with Crippen molar-refractivity contribution in [2.24, 2.45) is 23.5 Å². The highest BCUT2D eigenvalue weighted by Gasteiger charge is 2.54. The summed E-state index contributed by atoms with van der Waals surface area (Å²) >= 11 is 0. The summed E-state index contributed by atoms with van der Waals surface area (Å²) in [4.78, 5) is 11.7. The van der Waals surface area contributed by atoms with E-state index in [2.05, 4.69) is 5.32 Å². The van der Waals surface area contributed by atoms with Crippen LogP contribution in [-0.2, 0) is 4.79 Å². The summed E-state index contributed by atoms with van der Waals surface area (Å²) in [5, 5.41) is 2.47. The molecule has 0 saturated heterocycles. The van der Waals surface area contributed by atoms with Crippen molar-refractivity contribution < 1.29 is 18.0 Å². The summed E-state index contributed by atoms with van der Waals surface area (Å²) in [7, 11) is 0. The zero-order valence-electron chi connectivity index (χ0n) is 11.3.